The third-order valence-electron chi connectivity index (χ3n) is 2.85. The number of likely N-dealkylation sites (N-methyl/N-ethyl adjacent to an activating group) is 2. The number of benzene rings is 1. The molecule has 5 heteroatoms. The van der Waals surface area contributed by atoms with Gasteiger partial charge in [-0.15, -0.1) is 0 Å². The van der Waals surface area contributed by atoms with Crippen LogP contribution in [0, 0.1) is 5.82 Å². The van der Waals surface area contributed by atoms with Crippen LogP contribution in [0.25, 0.3) is 0 Å². The molecule has 0 saturated carbocycles. The van der Waals surface area contributed by atoms with E-state index in [9.17, 15) is 9.18 Å². The van der Waals surface area contributed by atoms with Crippen molar-refractivity contribution in [2.24, 2.45) is 0 Å². The standard InChI is InChI=1S/C14H22FN3O/c1-4-8-17-9-11-6-5-7-12(15)14(11)18(3)10-13(19)16-2/h5-7,17H,4,8-10H2,1-3H3,(H,16,19). The molecule has 1 aromatic carbocycles. The molecule has 0 heterocycles. The monoisotopic (exact) mass is 267 g/mol. The summed E-state index contributed by atoms with van der Waals surface area (Å²) in [5.41, 5.74) is 1.34. The van der Waals surface area contributed by atoms with Gasteiger partial charge in [0, 0.05) is 20.6 Å². The molecule has 0 spiro atoms. The highest BCUT2D eigenvalue weighted by molar-refractivity contribution is 5.81. The van der Waals surface area contributed by atoms with Crippen molar-refractivity contribution in [3.8, 4) is 0 Å². The first kappa shape index (κ1) is 15.4. The normalized spacial score (nSPS) is 10.3. The Bertz CT molecular complexity index is 423. The fourth-order valence-corrected chi connectivity index (χ4v) is 1.90. The third kappa shape index (κ3) is 4.52. The largest absolute Gasteiger partial charge is 0.363 e. The maximum absolute atomic E-state index is 14.0. The van der Waals surface area contributed by atoms with Crippen LogP contribution in [0.15, 0.2) is 18.2 Å². The minimum Gasteiger partial charge on any atom is -0.363 e. The van der Waals surface area contributed by atoms with Gasteiger partial charge in [0.05, 0.1) is 12.2 Å². The van der Waals surface area contributed by atoms with Crippen molar-refractivity contribution in [3.63, 3.8) is 0 Å². The van der Waals surface area contributed by atoms with Crippen LogP contribution >= 0.6 is 0 Å². The molecule has 0 fully saturated rings. The van der Waals surface area contributed by atoms with Crippen LogP contribution in [0.4, 0.5) is 10.1 Å². The Hall–Kier alpha value is -1.62. The lowest BCUT2D eigenvalue weighted by Gasteiger charge is -2.22. The molecular weight excluding hydrogens is 245 g/mol. The molecule has 0 aliphatic carbocycles. The van der Waals surface area contributed by atoms with Gasteiger partial charge in [0.1, 0.15) is 5.82 Å². The Labute approximate surface area is 114 Å². The van der Waals surface area contributed by atoms with E-state index in [1.165, 1.54) is 6.07 Å². The molecule has 0 atom stereocenters. The van der Waals surface area contributed by atoms with Crippen LogP contribution in [0.5, 0.6) is 0 Å². The first-order valence-electron chi connectivity index (χ1n) is 6.50. The zero-order valence-electron chi connectivity index (χ0n) is 11.8. The van der Waals surface area contributed by atoms with Gasteiger partial charge in [0.25, 0.3) is 0 Å². The maximum Gasteiger partial charge on any atom is 0.239 e. The lowest BCUT2D eigenvalue weighted by atomic mass is 10.1. The fraction of sp³-hybridized carbons (Fsp3) is 0.500. The van der Waals surface area contributed by atoms with Gasteiger partial charge in [-0.05, 0) is 24.6 Å². The second-order valence-electron chi connectivity index (χ2n) is 4.45. The smallest absolute Gasteiger partial charge is 0.239 e. The Morgan fingerprint density at radius 2 is 2.16 bits per heavy atom. The lowest BCUT2D eigenvalue weighted by Crippen LogP contribution is -2.34. The minimum absolute atomic E-state index is 0.137. The molecule has 0 saturated heterocycles. The van der Waals surface area contributed by atoms with E-state index in [0.717, 1.165) is 18.5 Å². The number of nitrogens with zero attached hydrogens (tertiary/aromatic N) is 1. The zero-order valence-corrected chi connectivity index (χ0v) is 11.8. The van der Waals surface area contributed by atoms with Crippen molar-refractivity contribution in [1.29, 1.82) is 0 Å². The van der Waals surface area contributed by atoms with Crippen LogP contribution < -0.4 is 15.5 Å². The predicted molar refractivity (Wildman–Crippen MR) is 75.7 cm³/mol. The molecule has 19 heavy (non-hydrogen) atoms. The van der Waals surface area contributed by atoms with E-state index in [4.69, 9.17) is 0 Å². The van der Waals surface area contributed by atoms with Gasteiger partial charge in [-0.25, -0.2) is 4.39 Å². The van der Waals surface area contributed by atoms with Crippen molar-refractivity contribution in [1.82, 2.24) is 10.6 Å². The molecule has 0 bridgehead atoms. The summed E-state index contributed by atoms with van der Waals surface area (Å²) in [6.45, 7) is 3.70. The van der Waals surface area contributed by atoms with Crippen molar-refractivity contribution < 1.29 is 9.18 Å². The zero-order chi connectivity index (χ0) is 14.3. The van der Waals surface area contributed by atoms with Crippen molar-refractivity contribution >= 4 is 11.6 Å². The Morgan fingerprint density at radius 1 is 1.42 bits per heavy atom. The number of amides is 1. The van der Waals surface area contributed by atoms with Crippen LogP contribution in [0.2, 0.25) is 0 Å². The summed E-state index contributed by atoms with van der Waals surface area (Å²) in [5.74, 6) is -0.444. The van der Waals surface area contributed by atoms with E-state index in [1.807, 2.05) is 6.07 Å². The summed E-state index contributed by atoms with van der Waals surface area (Å²) >= 11 is 0. The molecule has 4 nitrogen and oxygen atoms in total. The van der Waals surface area contributed by atoms with Crippen LogP contribution in [-0.4, -0.2) is 33.1 Å². The molecule has 2 N–H and O–H groups in total. The van der Waals surface area contributed by atoms with Gasteiger partial charge in [-0.1, -0.05) is 19.1 Å². The van der Waals surface area contributed by atoms with Gasteiger partial charge in [-0.3, -0.25) is 4.79 Å². The highest BCUT2D eigenvalue weighted by atomic mass is 19.1. The second kappa shape index (κ2) is 7.74. The molecule has 1 rings (SSSR count). The summed E-state index contributed by atoms with van der Waals surface area (Å²) in [6.07, 6.45) is 1.03. The number of hydrogen-bond donors (Lipinski definition) is 2. The summed E-state index contributed by atoms with van der Waals surface area (Å²) in [4.78, 5) is 13.0. The van der Waals surface area contributed by atoms with Gasteiger partial charge in [0.15, 0.2) is 0 Å². The number of anilines is 1. The number of carbonyl (C=O) groups is 1. The molecule has 0 radical (unpaired) electrons. The summed E-state index contributed by atoms with van der Waals surface area (Å²) in [7, 11) is 3.29. The first-order chi connectivity index (χ1) is 9.10. The summed E-state index contributed by atoms with van der Waals surface area (Å²) < 4.78 is 14.0. The minimum atomic E-state index is -0.304. The van der Waals surface area contributed by atoms with E-state index in [0.29, 0.717) is 12.2 Å². The van der Waals surface area contributed by atoms with E-state index in [-0.39, 0.29) is 18.3 Å². The fourth-order valence-electron chi connectivity index (χ4n) is 1.90. The Balaban J connectivity index is 2.87. The molecule has 0 aliphatic rings. The third-order valence-corrected chi connectivity index (χ3v) is 2.85. The predicted octanol–water partition coefficient (Wildman–Crippen LogP) is 1.51. The molecular formula is C14H22FN3O. The average Bonchev–Trinajstić information content (AvgIpc) is 2.38. The molecule has 0 aliphatic heterocycles. The SMILES string of the molecule is CCCNCc1cccc(F)c1N(C)CC(=O)NC. The number of rotatable bonds is 7. The number of carbonyl (C=O) groups excluding carboxylic acids is 1. The topological polar surface area (TPSA) is 44.4 Å². The first-order valence-corrected chi connectivity index (χ1v) is 6.50. The van der Waals surface area contributed by atoms with Crippen molar-refractivity contribution in [2.75, 3.05) is 32.1 Å². The average molecular weight is 267 g/mol. The van der Waals surface area contributed by atoms with Crippen LogP contribution in [0.3, 0.4) is 0 Å². The molecule has 1 aromatic rings. The van der Waals surface area contributed by atoms with Crippen molar-refractivity contribution in [2.45, 2.75) is 19.9 Å². The van der Waals surface area contributed by atoms with Crippen LogP contribution in [-0.2, 0) is 11.3 Å². The molecule has 0 aromatic heterocycles. The van der Waals surface area contributed by atoms with Gasteiger partial charge >= 0.3 is 0 Å². The Kier molecular flexibility index (Phi) is 6.29. The maximum atomic E-state index is 14.0. The van der Waals surface area contributed by atoms with Gasteiger partial charge in [0.2, 0.25) is 5.91 Å². The van der Waals surface area contributed by atoms with E-state index < -0.39 is 0 Å². The van der Waals surface area contributed by atoms with Crippen molar-refractivity contribution in [3.05, 3.63) is 29.6 Å². The lowest BCUT2D eigenvalue weighted by molar-refractivity contribution is -0.119. The van der Waals surface area contributed by atoms with Gasteiger partial charge in [-0.2, -0.15) is 0 Å². The number of hydrogen-bond acceptors (Lipinski definition) is 3. The Morgan fingerprint density at radius 3 is 2.79 bits per heavy atom. The quantitative estimate of drug-likeness (QED) is 0.736. The second-order valence-corrected chi connectivity index (χ2v) is 4.45. The highest BCUT2D eigenvalue weighted by Crippen LogP contribution is 2.23. The molecule has 1 amide bonds. The number of para-hydroxylation sites is 1. The van der Waals surface area contributed by atoms with E-state index in [1.54, 1.807) is 25.1 Å². The van der Waals surface area contributed by atoms with Crippen LogP contribution in [0.1, 0.15) is 18.9 Å². The van der Waals surface area contributed by atoms with E-state index in [2.05, 4.69) is 17.6 Å². The summed E-state index contributed by atoms with van der Waals surface area (Å²) in [6, 6.07) is 4.98. The molecule has 106 valence electrons. The number of halogens is 1. The van der Waals surface area contributed by atoms with E-state index >= 15 is 0 Å². The number of nitrogens with one attached hydrogen (secondary N) is 2. The summed E-state index contributed by atoms with van der Waals surface area (Å²) in [5, 5.41) is 5.79. The molecule has 0 unspecified atom stereocenters. The van der Waals surface area contributed by atoms with Gasteiger partial charge < -0.3 is 15.5 Å². The highest BCUT2D eigenvalue weighted by Gasteiger charge is 2.14.